The number of hydrogen-bond donors (Lipinski definition) is 0. The number of halogens is 2. The first-order chi connectivity index (χ1) is 15.3. The molecule has 0 radical (unpaired) electrons. The van der Waals surface area contributed by atoms with Gasteiger partial charge in [0.2, 0.25) is 0 Å². The van der Waals surface area contributed by atoms with Crippen molar-refractivity contribution >= 4 is 68.3 Å². The van der Waals surface area contributed by atoms with Crippen LogP contribution in [0, 0.1) is 13.7 Å². The van der Waals surface area contributed by atoms with Crippen LogP contribution >= 0.6 is 46.0 Å². The minimum absolute atomic E-state index is 0.00765. The number of ketones is 1. The summed E-state index contributed by atoms with van der Waals surface area (Å²) in [5.41, 5.74) is 1.13. The Morgan fingerprint density at radius 1 is 1.09 bits per heavy atom. The highest BCUT2D eigenvalue weighted by Crippen LogP contribution is 2.24. The van der Waals surface area contributed by atoms with Crippen molar-refractivity contribution in [3.05, 3.63) is 101 Å². The predicted octanol–water partition coefficient (Wildman–Crippen LogP) is 5.53. The van der Waals surface area contributed by atoms with Crippen LogP contribution in [0.15, 0.2) is 76.7 Å². The van der Waals surface area contributed by atoms with E-state index in [4.69, 9.17) is 11.6 Å². The number of nitro groups is 1. The Bertz CT molecular complexity index is 1410. The zero-order valence-corrected chi connectivity index (χ0v) is 19.9. The molecule has 4 rings (SSSR count). The highest BCUT2D eigenvalue weighted by atomic mass is 127. The molecule has 3 aromatic carbocycles. The maximum Gasteiger partial charge on any atom is 0.269 e. The fraction of sp³-hybridized carbons (Fsp3) is 0.0455. The molecule has 0 N–H and O–H groups in total. The number of nitro benzene ring substituents is 1. The van der Waals surface area contributed by atoms with Crippen molar-refractivity contribution in [3.8, 4) is 5.69 Å². The third-order valence-corrected chi connectivity index (χ3v) is 6.48. The van der Waals surface area contributed by atoms with E-state index in [1.165, 1.54) is 28.8 Å². The van der Waals surface area contributed by atoms with E-state index in [9.17, 15) is 19.7 Å². The lowest BCUT2D eigenvalue weighted by molar-refractivity contribution is -0.384. The number of thioether (sulfide) groups is 1. The fourth-order valence-electron chi connectivity index (χ4n) is 3.03. The quantitative estimate of drug-likeness (QED) is 0.0747. The maximum atomic E-state index is 13.3. The molecule has 0 saturated carbocycles. The van der Waals surface area contributed by atoms with Gasteiger partial charge in [0.25, 0.3) is 11.2 Å². The molecule has 0 atom stereocenters. The molecule has 1 aromatic heterocycles. The number of fused-ring (bicyclic) bond motifs is 1. The van der Waals surface area contributed by atoms with Crippen LogP contribution in [-0.2, 0) is 0 Å². The van der Waals surface area contributed by atoms with E-state index in [1.54, 1.807) is 36.4 Å². The maximum absolute atomic E-state index is 13.3. The van der Waals surface area contributed by atoms with Crippen molar-refractivity contribution in [3.63, 3.8) is 0 Å². The van der Waals surface area contributed by atoms with Gasteiger partial charge in [-0.3, -0.25) is 24.3 Å². The average molecular weight is 578 g/mol. The molecular formula is C22H13ClIN3O4S. The van der Waals surface area contributed by atoms with Crippen LogP contribution in [0.2, 0.25) is 5.02 Å². The number of hydrogen-bond acceptors (Lipinski definition) is 6. The van der Waals surface area contributed by atoms with Crippen LogP contribution in [-0.4, -0.2) is 26.0 Å². The van der Waals surface area contributed by atoms with Gasteiger partial charge in [0.05, 0.1) is 27.3 Å². The van der Waals surface area contributed by atoms with Gasteiger partial charge in [0, 0.05) is 26.3 Å². The minimum atomic E-state index is -0.520. The molecule has 0 fully saturated rings. The second-order valence-corrected chi connectivity index (χ2v) is 9.31. The Kier molecular flexibility index (Phi) is 6.58. The molecule has 1 heterocycles. The molecule has 32 heavy (non-hydrogen) atoms. The highest BCUT2D eigenvalue weighted by molar-refractivity contribution is 14.1. The topological polar surface area (TPSA) is 95.1 Å². The molecule has 0 aliphatic carbocycles. The molecule has 160 valence electrons. The Morgan fingerprint density at radius 2 is 1.78 bits per heavy atom. The van der Waals surface area contributed by atoms with Gasteiger partial charge in [-0.15, -0.1) is 0 Å². The van der Waals surface area contributed by atoms with E-state index in [0.717, 1.165) is 15.3 Å². The summed E-state index contributed by atoms with van der Waals surface area (Å²) >= 11 is 9.26. The van der Waals surface area contributed by atoms with E-state index in [-0.39, 0.29) is 22.8 Å². The summed E-state index contributed by atoms with van der Waals surface area (Å²) in [4.78, 5) is 40.9. The smallest absolute Gasteiger partial charge is 0.269 e. The van der Waals surface area contributed by atoms with Crippen LogP contribution in [0.1, 0.15) is 10.4 Å². The lowest BCUT2D eigenvalue weighted by Gasteiger charge is -2.13. The largest absolute Gasteiger partial charge is 0.293 e. The third kappa shape index (κ3) is 4.69. The first-order valence-electron chi connectivity index (χ1n) is 9.22. The molecule has 0 bridgehead atoms. The van der Waals surface area contributed by atoms with Crippen LogP contribution < -0.4 is 5.56 Å². The van der Waals surface area contributed by atoms with Gasteiger partial charge in [-0.05, 0) is 77.2 Å². The van der Waals surface area contributed by atoms with Crippen LogP contribution in [0.5, 0.6) is 0 Å². The van der Waals surface area contributed by atoms with Gasteiger partial charge in [0.1, 0.15) is 0 Å². The summed E-state index contributed by atoms with van der Waals surface area (Å²) < 4.78 is 2.37. The molecular weight excluding hydrogens is 565 g/mol. The lowest BCUT2D eigenvalue weighted by atomic mass is 10.1. The first kappa shape index (κ1) is 22.4. The van der Waals surface area contributed by atoms with E-state index >= 15 is 0 Å². The van der Waals surface area contributed by atoms with Crippen molar-refractivity contribution in [2.45, 2.75) is 5.16 Å². The highest BCUT2D eigenvalue weighted by Gasteiger charge is 2.16. The van der Waals surface area contributed by atoms with Crippen molar-refractivity contribution in [2.24, 2.45) is 0 Å². The molecule has 0 saturated heterocycles. The second kappa shape index (κ2) is 9.39. The third-order valence-electron chi connectivity index (χ3n) is 4.62. The predicted molar refractivity (Wildman–Crippen MR) is 133 cm³/mol. The zero-order chi connectivity index (χ0) is 22.8. The Labute approximate surface area is 204 Å². The van der Waals surface area contributed by atoms with Gasteiger partial charge in [-0.2, -0.15) is 0 Å². The summed E-state index contributed by atoms with van der Waals surface area (Å²) in [6.45, 7) is 0. The normalized spacial score (nSPS) is 10.9. The minimum Gasteiger partial charge on any atom is -0.293 e. The fourth-order valence-corrected chi connectivity index (χ4v) is 4.56. The van der Waals surface area contributed by atoms with Crippen molar-refractivity contribution in [1.29, 1.82) is 0 Å². The van der Waals surface area contributed by atoms with Crippen molar-refractivity contribution < 1.29 is 9.72 Å². The van der Waals surface area contributed by atoms with Gasteiger partial charge >= 0.3 is 0 Å². The van der Waals surface area contributed by atoms with Gasteiger partial charge in [-0.25, -0.2) is 4.98 Å². The number of non-ortho nitro benzene ring substituents is 1. The Hall–Kier alpha value is -2.76. The molecule has 0 unspecified atom stereocenters. The molecule has 10 heteroatoms. The van der Waals surface area contributed by atoms with Gasteiger partial charge in [-0.1, -0.05) is 23.4 Å². The van der Waals surface area contributed by atoms with Crippen LogP contribution in [0.4, 0.5) is 5.69 Å². The van der Waals surface area contributed by atoms with Crippen LogP contribution in [0.25, 0.3) is 16.6 Å². The summed E-state index contributed by atoms with van der Waals surface area (Å²) in [6, 6.07) is 17.6. The molecule has 0 spiro atoms. The number of aromatic nitrogens is 2. The van der Waals surface area contributed by atoms with E-state index in [1.807, 2.05) is 6.07 Å². The first-order valence-corrected chi connectivity index (χ1v) is 11.7. The number of benzene rings is 3. The summed E-state index contributed by atoms with van der Waals surface area (Å²) in [7, 11) is 0. The monoisotopic (exact) mass is 577 g/mol. The number of carbonyl (C=O) groups is 1. The summed E-state index contributed by atoms with van der Waals surface area (Å²) in [5.74, 6) is -0.224. The van der Waals surface area contributed by atoms with Gasteiger partial charge < -0.3 is 0 Å². The van der Waals surface area contributed by atoms with E-state index in [0.29, 0.717) is 32.3 Å². The second-order valence-electron chi connectivity index (χ2n) is 6.69. The Morgan fingerprint density at radius 3 is 2.44 bits per heavy atom. The van der Waals surface area contributed by atoms with E-state index < -0.39 is 4.92 Å². The van der Waals surface area contributed by atoms with Crippen LogP contribution in [0.3, 0.4) is 0 Å². The molecule has 0 amide bonds. The summed E-state index contributed by atoms with van der Waals surface area (Å²) in [6.07, 6.45) is 0. The number of rotatable bonds is 6. The molecule has 0 aliphatic heterocycles. The molecule has 0 aliphatic rings. The number of Topliss-reactive ketones (excluding diaryl/α,β-unsaturated/α-hetero) is 1. The molecule has 4 aromatic rings. The van der Waals surface area contributed by atoms with Crippen molar-refractivity contribution in [2.75, 3.05) is 5.75 Å². The van der Waals surface area contributed by atoms with E-state index in [2.05, 4.69) is 27.6 Å². The van der Waals surface area contributed by atoms with Gasteiger partial charge in [0.15, 0.2) is 10.9 Å². The molecule has 7 nitrogen and oxygen atoms in total. The summed E-state index contributed by atoms with van der Waals surface area (Å²) in [5, 5.41) is 12.2. The lowest BCUT2D eigenvalue weighted by Crippen LogP contribution is -2.22. The standard InChI is InChI=1S/C22H13ClIN3O4S/c23-14-3-8-16(9-4-14)26-21(29)18-11-15(24)5-10-19(18)25-22(26)32-12-20(28)13-1-6-17(7-2-13)27(30)31/h1-11H,12H2. The van der Waals surface area contributed by atoms with Crippen molar-refractivity contribution in [1.82, 2.24) is 9.55 Å². The SMILES string of the molecule is O=C(CSc1nc2ccc(I)cc2c(=O)n1-c1ccc(Cl)cc1)c1ccc([N+](=O)[O-])cc1. The average Bonchev–Trinajstić information content (AvgIpc) is 2.79. The number of carbonyl (C=O) groups excluding carboxylic acids is 1. The number of nitrogens with zero attached hydrogens (tertiary/aromatic N) is 3. The Balaban J connectivity index is 1.72. The zero-order valence-electron chi connectivity index (χ0n) is 16.2.